The molecule has 3 aromatic rings. The van der Waals surface area contributed by atoms with Gasteiger partial charge in [-0.1, -0.05) is 49.4 Å². The molecule has 0 saturated heterocycles. The number of rotatable bonds is 8. The minimum absolute atomic E-state index is 0.0462. The Hall–Kier alpha value is -4.14. The van der Waals surface area contributed by atoms with Crippen molar-refractivity contribution in [2.24, 2.45) is 0 Å². The molecule has 0 aliphatic carbocycles. The van der Waals surface area contributed by atoms with Crippen LogP contribution in [-0.2, 0) is 6.42 Å². The van der Waals surface area contributed by atoms with Crippen molar-refractivity contribution in [3.8, 4) is 11.5 Å². The zero-order valence-electron chi connectivity index (χ0n) is 19.1. The number of amides is 1. The van der Waals surface area contributed by atoms with Crippen LogP contribution in [0.2, 0.25) is 0 Å². The lowest BCUT2D eigenvalue weighted by Crippen LogP contribution is -2.50. The summed E-state index contributed by atoms with van der Waals surface area (Å²) >= 11 is 0. The number of carbonyl (C=O) groups is 1. The fourth-order valence-corrected chi connectivity index (χ4v) is 3.98. The first-order valence-corrected chi connectivity index (χ1v) is 11.2. The molecule has 0 unspecified atom stereocenters. The molecular weight excluding hydrogens is 456 g/mol. The number of pyridine rings is 1. The van der Waals surface area contributed by atoms with E-state index in [4.69, 9.17) is 4.74 Å². The third-order valence-corrected chi connectivity index (χ3v) is 5.82. The molecule has 1 aliphatic heterocycles. The van der Waals surface area contributed by atoms with Crippen molar-refractivity contribution in [3.63, 3.8) is 0 Å². The van der Waals surface area contributed by atoms with E-state index in [2.05, 4.69) is 5.43 Å². The van der Waals surface area contributed by atoms with Crippen molar-refractivity contribution in [2.45, 2.75) is 25.8 Å². The summed E-state index contributed by atoms with van der Waals surface area (Å²) in [5.41, 5.74) is 3.62. The number of fused-ring (bicyclic) bond motifs is 1. The minimum atomic E-state index is -1.05. The van der Waals surface area contributed by atoms with E-state index in [1.54, 1.807) is 12.2 Å². The van der Waals surface area contributed by atoms with Crippen molar-refractivity contribution in [3.05, 3.63) is 106 Å². The van der Waals surface area contributed by atoms with E-state index in [1.807, 2.05) is 37.3 Å². The normalized spacial score (nSPS) is 14.0. The van der Waals surface area contributed by atoms with Gasteiger partial charge in [0.05, 0.1) is 6.04 Å². The van der Waals surface area contributed by atoms with Gasteiger partial charge in [0.15, 0.2) is 23.0 Å². The molecule has 0 bridgehead atoms. The molecule has 1 aromatic heterocycles. The van der Waals surface area contributed by atoms with Gasteiger partial charge in [0.2, 0.25) is 11.2 Å². The van der Waals surface area contributed by atoms with Gasteiger partial charge >= 0.3 is 0 Å². The number of hydrogen-bond donors (Lipinski definition) is 2. The molecule has 9 heteroatoms. The highest BCUT2D eigenvalue weighted by Gasteiger charge is 2.31. The van der Waals surface area contributed by atoms with Gasteiger partial charge in [-0.3, -0.25) is 14.3 Å². The molecule has 0 spiro atoms. The Morgan fingerprint density at radius 1 is 1.14 bits per heavy atom. The predicted molar refractivity (Wildman–Crippen MR) is 127 cm³/mol. The van der Waals surface area contributed by atoms with E-state index in [9.17, 15) is 23.5 Å². The average Bonchev–Trinajstić information content (AvgIpc) is 2.86. The van der Waals surface area contributed by atoms with Gasteiger partial charge in [-0.25, -0.2) is 4.39 Å². The number of halogens is 2. The zero-order valence-corrected chi connectivity index (χ0v) is 19.1. The fourth-order valence-electron chi connectivity index (χ4n) is 3.98. The highest BCUT2D eigenvalue weighted by molar-refractivity contribution is 5.96. The molecule has 1 aliphatic rings. The minimum Gasteiger partial charge on any atom is -0.502 e. The van der Waals surface area contributed by atoms with Crippen molar-refractivity contribution < 1.29 is 23.4 Å². The number of carbonyl (C=O) groups excluding carboxylic acids is 1. The number of hydrogen-bond acceptors (Lipinski definition) is 5. The second-order valence-electron chi connectivity index (χ2n) is 8.07. The summed E-state index contributed by atoms with van der Waals surface area (Å²) in [6.07, 6.45) is 5.66. The van der Waals surface area contributed by atoms with E-state index in [0.29, 0.717) is 18.4 Å². The largest absolute Gasteiger partial charge is 0.502 e. The number of aromatic hydroxyl groups is 1. The van der Waals surface area contributed by atoms with Crippen molar-refractivity contribution in [1.29, 1.82) is 0 Å². The second-order valence-corrected chi connectivity index (χ2v) is 8.07. The summed E-state index contributed by atoms with van der Waals surface area (Å²) in [5, 5.41) is 10.1. The monoisotopic (exact) mass is 481 g/mol. The summed E-state index contributed by atoms with van der Waals surface area (Å²) < 4.78 is 35.4. The molecular formula is C26H25F2N3O4. The first-order chi connectivity index (χ1) is 16.9. The predicted octanol–water partition coefficient (Wildman–Crippen LogP) is 3.79. The zero-order chi connectivity index (χ0) is 24.9. The van der Waals surface area contributed by atoms with Gasteiger partial charge in [-0.05, 0) is 24.1 Å². The maximum Gasteiger partial charge on any atom is 0.278 e. The summed E-state index contributed by atoms with van der Waals surface area (Å²) in [5.74, 6) is -3.32. The molecule has 1 atom stereocenters. The van der Waals surface area contributed by atoms with Gasteiger partial charge in [-0.15, -0.1) is 0 Å². The highest BCUT2D eigenvalue weighted by Crippen LogP contribution is 2.28. The molecule has 7 nitrogen and oxygen atoms in total. The van der Waals surface area contributed by atoms with Crippen LogP contribution in [0, 0.1) is 11.6 Å². The summed E-state index contributed by atoms with van der Waals surface area (Å²) in [7, 11) is 0. The number of aromatic nitrogens is 1. The van der Waals surface area contributed by atoms with E-state index in [0.717, 1.165) is 11.6 Å². The molecule has 0 saturated carbocycles. The van der Waals surface area contributed by atoms with Crippen LogP contribution in [-0.4, -0.2) is 39.9 Å². The Morgan fingerprint density at radius 3 is 2.66 bits per heavy atom. The lowest BCUT2D eigenvalue weighted by Gasteiger charge is -2.35. The van der Waals surface area contributed by atoms with Crippen LogP contribution >= 0.6 is 0 Å². The Balaban J connectivity index is 1.48. The standard InChI is InChI=1S/C26H25F2N3O4/c1-2-19(30-16-29-31-13-12-21(32)24(33)23(31)26(30)34)9-6-14-35-25-18(10-11-20(27)22(25)28)15-17-7-4-3-5-8-17/h3-13,19,29,33H,2,14-16H2,1H3/b9-6+/t19-/m0/s1. The first kappa shape index (κ1) is 24.0. The highest BCUT2D eigenvalue weighted by atomic mass is 19.2. The van der Waals surface area contributed by atoms with E-state index in [-0.39, 0.29) is 30.8 Å². The molecule has 0 radical (unpaired) electrons. The smallest absolute Gasteiger partial charge is 0.278 e. The van der Waals surface area contributed by atoms with Gasteiger partial charge in [0.25, 0.3) is 5.91 Å². The third-order valence-electron chi connectivity index (χ3n) is 5.82. The molecule has 2 heterocycles. The summed E-state index contributed by atoms with van der Waals surface area (Å²) in [6.45, 7) is 1.98. The van der Waals surface area contributed by atoms with E-state index in [1.165, 1.54) is 27.9 Å². The number of benzene rings is 2. The first-order valence-electron chi connectivity index (χ1n) is 11.2. The Kier molecular flexibility index (Phi) is 7.14. The Labute approximate surface area is 200 Å². The van der Waals surface area contributed by atoms with Gasteiger partial charge in [0.1, 0.15) is 13.3 Å². The number of ether oxygens (including phenoxy) is 1. The molecule has 4 rings (SSSR count). The van der Waals surface area contributed by atoms with Crippen molar-refractivity contribution >= 4 is 5.91 Å². The fraction of sp³-hybridized carbons (Fsp3) is 0.231. The van der Waals surface area contributed by atoms with Gasteiger partial charge in [-0.2, -0.15) is 4.39 Å². The van der Waals surface area contributed by atoms with Gasteiger partial charge in [0, 0.05) is 24.2 Å². The van der Waals surface area contributed by atoms with Crippen LogP contribution in [0.25, 0.3) is 0 Å². The molecule has 35 heavy (non-hydrogen) atoms. The van der Waals surface area contributed by atoms with Crippen LogP contribution in [0.4, 0.5) is 8.78 Å². The van der Waals surface area contributed by atoms with Crippen LogP contribution in [0.15, 0.2) is 71.7 Å². The number of nitrogens with zero attached hydrogens (tertiary/aromatic N) is 2. The van der Waals surface area contributed by atoms with Crippen molar-refractivity contribution in [1.82, 2.24) is 9.58 Å². The maximum absolute atomic E-state index is 14.5. The summed E-state index contributed by atoms with van der Waals surface area (Å²) in [4.78, 5) is 26.2. The second kappa shape index (κ2) is 10.4. The topological polar surface area (TPSA) is 83.8 Å². The lowest BCUT2D eigenvalue weighted by molar-refractivity contribution is 0.0674. The number of nitrogens with one attached hydrogen (secondary N) is 1. The van der Waals surface area contributed by atoms with E-state index >= 15 is 0 Å². The van der Waals surface area contributed by atoms with Gasteiger partial charge < -0.3 is 20.2 Å². The lowest BCUT2D eigenvalue weighted by atomic mass is 10.0. The average molecular weight is 481 g/mol. The maximum atomic E-state index is 14.5. The van der Waals surface area contributed by atoms with Crippen LogP contribution in [0.5, 0.6) is 11.5 Å². The van der Waals surface area contributed by atoms with Crippen LogP contribution in [0.1, 0.15) is 35.0 Å². The molecule has 1 amide bonds. The van der Waals surface area contributed by atoms with E-state index < -0.39 is 28.7 Å². The summed E-state index contributed by atoms with van der Waals surface area (Å²) in [6, 6.07) is 12.8. The third kappa shape index (κ3) is 5.03. The van der Waals surface area contributed by atoms with Crippen LogP contribution < -0.4 is 15.6 Å². The SMILES string of the molecule is CC[C@@H](/C=C/COc1c(Cc2ccccc2)ccc(F)c1F)N1CNn2ccc(=O)c(O)c2C1=O. The molecule has 0 fully saturated rings. The Morgan fingerprint density at radius 2 is 1.91 bits per heavy atom. The van der Waals surface area contributed by atoms with Crippen LogP contribution in [0.3, 0.4) is 0 Å². The molecule has 182 valence electrons. The molecule has 2 aromatic carbocycles. The van der Waals surface area contributed by atoms with Crippen molar-refractivity contribution in [2.75, 3.05) is 18.7 Å². The molecule has 2 N–H and O–H groups in total. The Bertz CT molecular complexity index is 1310. The quantitative estimate of drug-likeness (QED) is 0.479.